The van der Waals surface area contributed by atoms with Gasteiger partial charge >= 0.3 is 0 Å². The summed E-state index contributed by atoms with van der Waals surface area (Å²) in [6.07, 6.45) is 3.85. The smallest absolute Gasteiger partial charge is 0.0541 e. The molecule has 0 fully saturated rings. The maximum absolute atomic E-state index is 4.04. The van der Waals surface area contributed by atoms with E-state index in [2.05, 4.69) is 233 Å². The Morgan fingerprint density at radius 2 is 0.694 bits per heavy atom. The molecule has 0 radical (unpaired) electrons. The molecule has 0 N–H and O–H groups in total. The molecule has 3 heteroatoms. The van der Waals surface area contributed by atoms with Crippen LogP contribution in [0.3, 0.4) is 0 Å². The van der Waals surface area contributed by atoms with E-state index in [1.54, 1.807) is 0 Å². The van der Waals surface area contributed by atoms with Gasteiger partial charge in [-0.3, -0.25) is 0 Å². The van der Waals surface area contributed by atoms with Crippen LogP contribution in [0.2, 0.25) is 0 Å². The highest BCUT2D eigenvalue weighted by Gasteiger charge is 2.19. The van der Waals surface area contributed by atoms with Gasteiger partial charge in [-0.25, -0.2) is 0 Å². The number of aryl methyl sites for hydroxylation is 1. The fraction of sp³-hybridized carbons (Fsp3) is 0.0508. The molecule has 9 aromatic carbocycles. The Hall–Kier alpha value is -7.88. The minimum atomic E-state index is 0.196. The molecule has 0 aliphatic heterocycles. The standard InChI is InChI=1S/C59H43N3/c1-2-40-26-38-59-53(39-40)52-17-7-12-22-58(52)62(59)46-35-29-43(30-36-46)47(42-27-33-45(34-28-42)61-56-20-10-5-15-50(56)51-16-6-11-21-57(51)61)37-25-41-23-31-44(32-24-41)60-54-18-8-3-13-48(54)49-14-4-9-19-55(49)60/h2-24,26-36,38-39,47H,1,25,37H2. The van der Waals surface area contributed by atoms with Crippen LogP contribution < -0.4 is 0 Å². The second-order valence-electron chi connectivity index (χ2n) is 16.5. The lowest BCUT2D eigenvalue weighted by molar-refractivity contribution is 0.715. The van der Waals surface area contributed by atoms with E-state index in [1.807, 2.05) is 6.08 Å². The lowest BCUT2D eigenvalue weighted by atomic mass is 9.86. The summed E-state index contributed by atoms with van der Waals surface area (Å²) in [6.45, 7) is 4.04. The van der Waals surface area contributed by atoms with E-state index in [9.17, 15) is 0 Å². The zero-order valence-corrected chi connectivity index (χ0v) is 34.3. The van der Waals surface area contributed by atoms with Crippen LogP contribution in [0.25, 0.3) is 88.6 Å². The van der Waals surface area contributed by atoms with Gasteiger partial charge in [0, 0.05) is 55.3 Å². The number of fused-ring (bicyclic) bond motifs is 9. The molecule has 0 amide bonds. The lowest BCUT2D eigenvalue weighted by Crippen LogP contribution is -2.05. The summed E-state index contributed by atoms with van der Waals surface area (Å²) < 4.78 is 7.20. The minimum absolute atomic E-state index is 0.196. The highest BCUT2D eigenvalue weighted by molar-refractivity contribution is 6.11. The summed E-state index contributed by atoms with van der Waals surface area (Å²) in [7, 11) is 0. The second-order valence-corrected chi connectivity index (χ2v) is 16.5. The molecule has 0 aliphatic rings. The number of benzene rings is 9. The minimum Gasteiger partial charge on any atom is -0.309 e. The van der Waals surface area contributed by atoms with Crippen molar-refractivity contribution in [2.75, 3.05) is 0 Å². The Bertz CT molecular complexity index is 3530. The van der Waals surface area contributed by atoms with Crippen LogP contribution in [-0.4, -0.2) is 13.7 Å². The third kappa shape index (κ3) is 5.81. The van der Waals surface area contributed by atoms with Gasteiger partial charge in [0.15, 0.2) is 0 Å². The number of para-hydroxylation sites is 5. The Morgan fingerprint density at radius 3 is 1.08 bits per heavy atom. The first-order valence-corrected chi connectivity index (χ1v) is 21.6. The van der Waals surface area contributed by atoms with Crippen LogP contribution in [0.1, 0.15) is 34.6 Å². The van der Waals surface area contributed by atoms with E-state index in [0.29, 0.717) is 0 Å². The zero-order chi connectivity index (χ0) is 41.1. The van der Waals surface area contributed by atoms with Crippen molar-refractivity contribution < 1.29 is 0 Å². The highest BCUT2D eigenvalue weighted by Crippen LogP contribution is 2.38. The van der Waals surface area contributed by atoms with Gasteiger partial charge in [-0.05, 0) is 114 Å². The topological polar surface area (TPSA) is 14.8 Å². The highest BCUT2D eigenvalue weighted by atomic mass is 15.0. The van der Waals surface area contributed by atoms with Crippen molar-refractivity contribution in [3.05, 3.63) is 241 Å². The van der Waals surface area contributed by atoms with Crippen molar-refractivity contribution in [1.29, 1.82) is 0 Å². The van der Waals surface area contributed by atoms with E-state index >= 15 is 0 Å². The van der Waals surface area contributed by atoms with Crippen LogP contribution in [0.4, 0.5) is 0 Å². The molecule has 62 heavy (non-hydrogen) atoms. The molecule has 0 spiro atoms. The largest absolute Gasteiger partial charge is 0.309 e. The van der Waals surface area contributed by atoms with Crippen molar-refractivity contribution >= 4 is 71.5 Å². The number of hydrogen-bond donors (Lipinski definition) is 0. The average molecular weight is 794 g/mol. The summed E-state index contributed by atoms with van der Waals surface area (Å²) in [6, 6.07) is 78.2. The Labute approximate surface area is 360 Å². The van der Waals surface area contributed by atoms with E-state index < -0.39 is 0 Å². The molecule has 1 unspecified atom stereocenters. The number of hydrogen-bond acceptors (Lipinski definition) is 0. The van der Waals surface area contributed by atoms with Crippen LogP contribution in [0.5, 0.6) is 0 Å². The van der Waals surface area contributed by atoms with Crippen LogP contribution in [0, 0.1) is 0 Å². The van der Waals surface area contributed by atoms with Crippen molar-refractivity contribution in [1.82, 2.24) is 13.7 Å². The summed E-state index contributed by atoms with van der Waals surface area (Å²) in [4.78, 5) is 0. The van der Waals surface area contributed by atoms with E-state index in [1.165, 1.54) is 93.5 Å². The predicted octanol–water partition coefficient (Wildman–Crippen LogP) is 15.4. The van der Waals surface area contributed by atoms with Crippen LogP contribution in [0.15, 0.2) is 219 Å². The quantitative estimate of drug-likeness (QED) is 0.138. The van der Waals surface area contributed by atoms with Crippen molar-refractivity contribution in [3.63, 3.8) is 0 Å². The van der Waals surface area contributed by atoms with Gasteiger partial charge < -0.3 is 13.7 Å². The normalized spacial score (nSPS) is 12.3. The molecule has 0 bridgehead atoms. The molecule has 3 nitrogen and oxygen atoms in total. The van der Waals surface area contributed by atoms with E-state index in [0.717, 1.165) is 24.1 Å². The van der Waals surface area contributed by atoms with Crippen molar-refractivity contribution in [2.24, 2.45) is 0 Å². The van der Waals surface area contributed by atoms with Gasteiger partial charge in [-0.2, -0.15) is 0 Å². The molecule has 294 valence electrons. The monoisotopic (exact) mass is 793 g/mol. The SMILES string of the molecule is C=Cc1ccc2c(c1)c1ccccc1n2-c1ccc(C(CCc2ccc(-n3c4ccccc4c4ccccc43)cc2)c2ccc(-n3c4ccccc4c4ccccc43)cc2)cc1. The summed E-state index contributed by atoms with van der Waals surface area (Å²) in [5, 5.41) is 7.61. The maximum Gasteiger partial charge on any atom is 0.0541 e. The zero-order valence-electron chi connectivity index (χ0n) is 34.3. The van der Waals surface area contributed by atoms with Gasteiger partial charge in [0.2, 0.25) is 0 Å². The lowest BCUT2D eigenvalue weighted by Gasteiger charge is -2.20. The second kappa shape index (κ2) is 14.7. The van der Waals surface area contributed by atoms with Crippen molar-refractivity contribution in [2.45, 2.75) is 18.8 Å². The van der Waals surface area contributed by atoms with Crippen molar-refractivity contribution in [3.8, 4) is 17.1 Å². The number of rotatable bonds is 9. The first-order chi connectivity index (χ1) is 30.7. The van der Waals surface area contributed by atoms with Gasteiger partial charge in [-0.1, -0.05) is 146 Å². The fourth-order valence-corrected chi connectivity index (χ4v) is 10.2. The Kier molecular flexibility index (Phi) is 8.53. The molecule has 12 aromatic rings. The summed E-state index contributed by atoms with van der Waals surface area (Å²) in [5.41, 5.74) is 15.9. The van der Waals surface area contributed by atoms with Crippen LogP contribution in [-0.2, 0) is 6.42 Å². The Morgan fingerprint density at radius 1 is 0.355 bits per heavy atom. The molecule has 0 saturated carbocycles. The first kappa shape index (κ1) is 36.0. The van der Waals surface area contributed by atoms with Gasteiger partial charge in [0.25, 0.3) is 0 Å². The van der Waals surface area contributed by atoms with Crippen LogP contribution >= 0.6 is 0 Å². The third-order valence-electron chi connectivity index (χ3n) is 13.1. The predicted molar refractivity (Wildman–Crippen MR) is 263 cm³/mol. The maximum atomic E-state index is 4.04. The number of nitrogens with zero attached hydrogens (tertiary/aromatic N) is 3. The molecular formula is C59H43N3. The summed E-state index contributed by atoms with van der Waals surface area (Å²) >= 11 is 0. The van der Waals surface area contributed by atoms with E-state index in [-0.39, 0.29) is 5.92 Å². The molecule has 3 heterocycles. The first-order valence-electron chi connectivity index (χ1n) is 21.6. The molecule has 12 rings (SSSR count). The summed E-state index contributed by atoms with van der Waals surface area (Å²) in [5.74, 6) is 0.196. The molecule has 3 aromatic heterocycles. The van der Waals surface area contributed by atoms with E-state index in [4.69, 9.17) is 0 Å². The third-order valence-corrected chi connectivity index (χ3v) is 13.1. The van der Waals surface area contributed by atoms with Gasteiger partial charge in [0.05, 0.1) is 33.1 Å². The molecule has 0 saturated heterocycles. The fourth-order valence-electron chi connectivity index (χ4n) is 10.2. The Balaban J connectivity index is 0.915. The van der Waals surface area contributed by atoms with Gasteiger partial charge in [-0.15, -0.1) is 0 Å². The average Bonchev–Trinajstić information content (AvgIpc) is 3.98. The molecule has 1 atom stereocenters. The molecule has 0 aliphatic carbocycles. The number of aromatic nitrogens is 3. The molecular weight excluding hydrogens is 751 g/mol. The van der Waals surface area contributed by atoms with Gasteiger partial charge in [0.1, 0.15) is 0 Å².